The molecule has 0 saturated carbocycles. The molecule has 1 N–H and O–H groups in total. The molecular weight excluding hydrogens is 204 g/mol. The zero-order valence-corrected chi connectivity index (χ0v) is 10.6. The van der Waals surface area contributed by atoms with Crippen molar-refractivity contribution in [2.45, 2.75) is 19.8 Å². The van der Waals surface area contributed by atoms with Gasteiger partial charge in [0, 0.05) is 13.1 Å². The summed E-state index contributed by atoms with van der Waals surface area (Å²) in [6.45, 7) is 5.81. The second kappa shape index (κ2) is 6.21. The highest BCUT2D eigenvalue weighted by Gasteiger charge is 2.20. The van der Waals surface area contributed by atoms with Crippen LogP contribution in [0.15, 0.2) is 0 Å². The van der Waals surface area contributed by atoms with E-state index in [1.165, 1.54) is 25.9 Å². The molecule has 0 aromatic rings. The minimum Gasteiger partial charge on any atom is -0.481 e. The number of rotatable bonds is 5. The lowest BCUT2D eigenvalue weighted by Crippen LogP contribution is -2.37. The fourth-order valence-electron chi connectivity index (χ4n) is 2.31. The average Bonchev–Trinajstić information content (AvgIpc) is 2.21. The van der Waals surface area contributed by atoms with Gasteiger partial charge in [-0.2, -0.15) is 0 Å². The Morgan fingerprint density at radius 2 is 2.06 bits per heavy atom. The van der Waals surface area contributed by atoms with E-state index in [0.29, 0.717) is 6.54 Å². The molecule has 0 radical (unpaired) electrons. The van der Waals surface area contributed by atoms with Crippen LogP contribution in [0.3, 0.4) is 0 Å². The van der Waals surface area contributed by atoms with Crippen molar-refractivity contribution in [3.05, 3.63) is 0 Å². The maximum atomic E-state index is 10.7. The first-order valence-corrected chi connectivity index (χ1v) is 6.09. The third-order valence-electron chi connectivity index (χ3n) is 3.42. The second-order valence-electron chi connectivity index (χ2n) is 5.21. The summed E-state index contributed by atoms with van der Waals surface area (Å²) in [5.74, 6) is -0.228. The van der Waals surface area contributed by atoms with Gasteiger partial charge in [0.05, 0.1) is 5.92 Å². The van der Waals surface area contributed by atoms with Gasteiger partial charge < -0.3 is 14.9 Å². The molecule has 0 bridgehead atoms. The third-order valence-corrected chi connectivity index (χ3v) is 3.42. The van der Waals surface area contributed by atoms with E-state index in [9.17, 15) is 4.79 Å². The number of hydrogen-bond acceptors (Lipinski definition) is 3. The monoisotopic (exact) mass is 228 g/mol. The summed E-state index contributed by atoms with van der Waals surface area (Å²) in [7, 11) is 4.18. The molecule has 1 fully saturated rings. The summed E-state index contributed by atoms with van der Waals surface area (Å²) >= 11 is 0. The van der Waals surface area contributed by atoms with Crippen molar-refractivity contribution in [3.63, 3.8) is 0 Å². The van der Waals surface area contributed by atoms with Crippen molar-refractivity contribution in [1.82, 2.24) is 9.80 Å². The van der Waals surface area contributed by atoms with Gasteiger partial charge in [-0.3, -0.25) is 4.79 Å². The molecule has 1 saturated heterocycles. The van der Waals surface area contributed by atoms with Crippen LogP contribution >= 0.6 is 0 Å². The molecule has 4 nitrogen and oxygen atoms in total. The lowest BCUT2D eigenvalue weighted by molar-refractivity contribution is -0.141. The van der Waals surface area contributed by atoms with Crippen molar-refractivity contribution >= 4 is 5.97 Å². The highest BCUT2D eigenvalue weighted by Crippen LogP contribution is 2.17. The summed E-state index contributed by atoms with van der Waals surface area (Å²) < 4.78 is 0. The summed E-state index contributed by atoms with van der Waals surface area (Å²) in [5, 5.41) is 8.84. The van der Waals surface area contributed by atoms with E-state index >= 15 is 0 Å². The standard InChI is InChI=1S/C12H24N2O2/c1-10(12(15)16)8-14(3)9-11-4-6-13(2)7-5-11/h10-11H,4-9H2,1-3H3,(H,15,16). The molecule has 1 heterocycles. The van der Waals surface area contributed by atoms with Crippen LogP contribution in [-0.2, 0) is 4.79 Å². The molecular formula is C12H24N2O2. The van der Waals surface area contributed by atoms with Crippen molar-refractivity contribution in [1.29, 1.82) is 0 Å². The number of nitrogens with zero attached hydrogens (tertiary/aromatic N) is 2. The molecule has 4 heteroatoms. The zero-order valence-electron chi connectivity index (χ0n) is 10.6. The largest absolute Gasteiger partial charge is 0.481 e. The Labute approximate surface area is 98.2 Å². The Morgan fingerprint density at radius 1 is 1.50 bits per heavy atom. The Morgan fingerprint density at radius 3 is 2.56 bits per heavy atom. The normalized spacial score (nSPS) is 21.2. The van der Waals surface area contributed by atoms with Crippen LogP contribution in [0.4, 0.5) is 0 Å². The van der Waals surface area contributed by atoms with E-state index in [4.69, 9.17) is 5.11 Å². The van der Waals surface area contributed by atoms with E-state index in [-0.39, 0.29) is 5.92 Å². The maximum Gasteiger partial charge on any atom is 0.307 e. The second-order valence-corrected chi connectivity index (χ2v) is 5.21. The van der Waals surface area contributed by atoms with Gasteiger partial charge in [-0.25, -0.2) is 0 Å². The predicted octanol–water partition coefficient (Wildman–Crippen LogP) is 0.981. The summed E-state index contributed by atoms with van der Waals surface area (Å²) in [5.41, 5.74) is 0. The van der Waals surface area contributed by atoms with Crippen molar-refractivity contribution in [2.75, 3.05) is 40.3 Å². The molecule has 0 amide bonds. The number of carboxylic acids is 1. The quantitative estimate of drug-likeness (QED) is 0.762. The van der Waals surface area contributed by atoms with Crippen molar-refractivity contribution < 1.29 is 9.90 Å². The number of carbonyl (C=O) groups is 1. The average molecular weight is 228 g/mol. The van der Waals surface area contributed by atoms with Crippen LogP contribution < -0.4 is 0 Å². The molecule has 1 aliphatic rings. The van der Waals surface area contributed by atoms with E-state index in [1.54, 1.807) is 6.92 Å². The van der Waals surface area contributed by atoms with E-state index < -0.39 is 5.97 Å². The van der Waals surface area contributed by atoms with Gasteiger partial charge in [-0.1, -0.05) is 6.92 Å². The van der Waals surface area contributed by atoms with E-state index in [1.807, 2.05) is 7.05 Å². The summed E-state index contributed by atoms with van der Waals surface area (Å²) in [6, 6.07) is 0. The van der Waals surface area contributed by atoms with E-state index in [2.05, 4.69) is 16.8 Å². The Hall–Kier alpha value is -0.610. The lowest BCUT2D eigenvalue weighted by atomic mass is 9.96. The Balaban J connectivity index is 2.23. The van der Waals surface area contributed by atoms with Gasteiger partial charge in [0.25, 0.3) is 0 Å². The van der Waals surface area contributed by atoms with Crippen LogP contribution in [0.2, 0.25) is 0 Å². The fraction of sp³-hybridized carbons (Fsp3) is 0.917. The van der Waals surface area contributed by atoms with Crippen molar-refractivity contribution in [3.8, 4) is 0 Å². The molecule has 1 rings (SSSR count). The van der Waals surface area contributed by atoms with Crippen LogP contribution in [0.5, 0.6) is 0 Å². The highest BCUT2D eigenvalue weighted by molar-refractivity contribution is 5.69. The van der Waals surface area contributed by atoms with Crippen LogP contribution in [0.25, 0.3) is 0 Å². The number of aliphatic carboxylic acids is 1. The predicted molar refractivity (Wildman–Crippen MR) is 64.5 cm³/mol. The first kappa shape index (κ1) is 13.5. The minimum atomic E-state index is -0.699. The molecule has 94 valence electrons. The molecule has 1 unspecified atom stereocenters. The van der Waals surface area contributed by atoms with Gasteiger partial charge >= 0.3 is 5.97 Å². The van der Waals surface area contributed by atoms with Gasteiger partial charge in [0.2, 0.25) is 0 Å². The Kier molecular flexibility index (Phi) is 5.22. The lowest BCUT2D eigenvalue weighted by Gasteiger charge is -2.32. The number of hydrogen-bond donors (Lipinski definition) is 1. The van der Waals surface area contributed by atoms with Gasteiger partial charge in [-0.05, 0) is 45.9 Å². The van der Waals surface area contributed by atoms with Gasteiger partial charge in [-0.15, -0.1) is 0 Å². The van der Waals surface area contributed by atoms with Crippen LogP contribution in [0, 0.1) is 11.8 Å². The fourth-order valence-corrected chi connectivity index (χ4v) is 2.31. The maximum absolute atomic E-state index is 10.7. The summed E-state index contributed by atoms with van der Waals surface area (Å²) in [6.07, 6.45) is 2.48. The molecule has 1 aliphatic heterocycles. The van der Waals surface area contributed by atoms with Gasteiger partial charge in [0.1, 0.15) is 0 Å². The number of carboxylic acid groups (broad SMARTS) is 1. The SMILES string of the molecule is CC(CN(C)CC1CCN(C)CC1)C(=O)O. The highest BCUT2D eigenvalue weighted by atomic mass is 16.4. The van der Waals surface area contributed by atoms with Crippen LogP contribution in [-0.4, -0.2) is 61.2 Å². The molecule has 0 spiro atoms. The first-order chi connectivity index (χ1) is 7.49. The number of piperidine rings is 1. The zero-order chi connectivity index (χ0) is 12.1. The first-order valence-electron chi connectivity index (χ1n) is 6.09. The minimum absolute atomic E-state index is 0.267. The molecule has 1 atom stereocenters. The topological polar surface area (TPSA) is 43.8 Å². The molecule has 16 heavy (non-hydrogen) atoms. The number of likely N-dealkylation sites (tertiary alicyclic amines) is 1. The van der Waals surface area contributed by atoms with Crippen LogP contribution in [0.1, 0.15) is 19.8 Å². The van der Waals surface area contributed by atoms with Gasteiger partial charge in [0.15, 0.2) is 0 Å². The van der Waals surface area contributed by atoms with Crippen molar-refractivity contribution in [2.24, 2.45) is 11.8 Å². The summed E-state index contributed by atoms with van der Waals surface area (Å²) in [4.78, 5) is 15.3. The molecule has 0 aliphatic carbocycles. The van der Waals surface area contributed by atoms with E-state index in [0.717, 1.165) is 12.5 Å². The smallest absolute Gasteiger partial charge is 0.307 e. The molecule has 0 aromatic heterocycles. The molecule has 0 aromatic carbocycles. The Bertz CT molecular complexity index is 225. The third kappa shape index (κ3) is 4.49.